The highest BCUT2D eigenvalue weighted by Crippen LogP contribution is 2.36. The van der Waals surface area contributed by atoms with Crippen molar-refractivity contribution >= 4 is 19.1 Å². The monoisotopic (exact) mass is 455 g/mol. The minimum absolute atomic E-state index is 0.0592. The number of rotatable bonds is 9. The molecule has 1 aliphatic rings. The molecule has 0 saturated carbocycles. The molecule has 3 aromatic rings. The maximum absolute atomic E-state index is 15.4. The van der Waals surface area contributed by atoms with E-state index in [2.05, 4.69) is 46.1 Å². The molecule has 32 heavy (non-hydrogen) atoms. The number of nitrogens with one attached hydrogen (secondary N) is 1. The van der Waals surface area contributed by atoms with Crippen LogP contribution in [-0.2, 0) is 11.5 Å². The number of ether oxygens (including phenoxy) is 1. The van der Waals surface area contributed by atoms with Crippen molar-refractivity contribution in [1.82, 2.24) is 29.6 Å². The van der Waals surface area contributed by atoms with Gasteiger partial charge in [-0.3, -0.25) is 4.68 Å². The molecule has 1 aliphatic heterocycles. The molecule has 8 nitrogen and oxygen atoms in total. The lowest BCUT2D eigenvalue weighted by Gasteiger charge is -2.27. The Kier molecular flexibility index (Phi) is 6.42. The largest absolute Gasteiger partial charge is 0.361 e. The molecule has 2 unspecified atom stereocenters. The van der Waals surface area contributed by atoms with Crippen molar-refractivity contribution in [2.45, 2.75) is 57.0 Å². The molecule has 3 aromatic heterocycles. The van der Waals surface area contributed by atoms with Crippen molar-refractivity contribution in [3.05, 3.63) is 31.0 Å². The Morgan fingerprint density at radius 1 is 1.38 bits per heavy atom. The smallest absolute Gasteiger partial charge is 0.147 e. The molecular weight excluding hydrogens is 425 g/mol. The summed E-state index contributed by atoms with van der Waals surface area (Å²) in [6.07, 6.45) is 7.36. The molecule has 0 radical (unpaired) electrons. The highest BCUT2D eigenvalue weighted by atomic mass is 28.3. The number of hydrogen-bond donors (Lipinski definition) is 1. The zero-order valence-corrected chi connectivity index (χ0v) is 19.9. The van der Waals surface area contributed by atoms with Crippen LogP contribution in [0.4, 0.5) is 4.39 Å². The second-order valence-electron chi connectivity index (χ2n) is 9.64. The molecule has 0 spiro atoms. The molecule has 170 valence electrons. The predicted octanol–water partition coefficient (Wildman–Crippen LogP) is 3.76. The summed E-state index contributed by atoms with van der Waals surface area (Å²) in [4.78, 5) is 8.91. The number of fused-ring (bicyclic) bond motifs is 1. The van der Waals surface area contributed by atoms with Crippen LogP contribution in [0.2, 0.25) is 25.7 Å². The summed E-state index contributed by atoms with van der Waals surface area (Å²) in [7, 11) is -1.13. The number of alkyl halides is 1. The Balaban J connectivity index is 1.56. The Hall–Kier alpha value is -2.61. The van der Waals surface area contributed by atoms with Crippen molar-refractivity contribution in [2.75, 3.05) is 19.7 Å². The van der Waals surface area contributed by atoms with E-state index in [4.69, 9.17) is 4.74 Å². The molecule has 4 rings (SSSR count). The Labute approximate surface area is 188 Å². The highest BCUT2D eigenvalue weighted by Gasteiger charge is 2.43. The minimum atomic E-state index is -1.49. The number of nitrogens with zero attached hydrogens (tertiary/aromatic N) is 6. The van der Waals surface area contributed by atoms with Crippen LogP contribution < -0.4 is 5.32 Å². The molecule has 1 fully saturated rings. The first-order chi connectivity index (χ1) is 15.3. The lowest BCUT2D eigenvalue weighted by molar-refractivity contribution is 0.0899. The summed E-state index contributed by atoms with van der Waals surface area (Å²) >= 11 is 0. The first kappa shape index (κ1) is 22.6. The number of halogens is 1. The van der Waals surface area contributed by atoms with Crippen molar-refractivity contribution in [1.29, 1.82) is 5.26 Å². The van der Waals surface area contributed by atoms with E-state index in [1.165, 1.54) is 6.33 Å². The van der Waals surface area contributed by atoms with Crippen LogP contribution in [0.15, 0.2) is 31.0 Å². The van der Waals surface area contributed by atoms with Gasteiger partial charge < -0.3 is 14.6 Å². The Morgan fingerprint density at radius 2 is 2.22 bits per heavy atom. The quantitative estimate of drug-likeness (QED) is 0.390. The third-order valence-corrected chi connectivity index (χ3v) is 7.70. The van der Waals surface area contributed by atoms with E-state index in [1.54, 1.807) is 17.1 Å². The van der Waals surface area contributed by atoms with E-state index in [0.717, 1.165) is 34.9 Å². The van der Waals surface area contributed by atoms with Crippen LogP contribution >= 0.6 is 0 Å². The van der Waals surface area contributed by atoms with Crippen molar-refractivity contribution in [2.24, 2.45) is 0 Å². The summed E-state index contributed by atoms with van der Waals surface area (Å²) in [5.74, 6) is 0. The SMILES string of the molecule is C[Si](C)(C)CCOCn1ccc2c(-c3cnn(C(CC#N)C4(F)CCNC4)c3)ncnc21. The van der Waals surface area contributed by atoms with Gasteiger partial charge in [0.05, 0.1) is 24.4 Å². The molecule has 0 bridgehead atoms. The van der Waals surface area contributed by atoms with Crippen molar-refractivity contribution in [3.63, 3.8) is 0 Å². The molecule has 1 N–H and O–H groups in total. The van der Waals surface area contributed by atoms with Crippen LogP contribution in [-0.4, -0.2) is 57.8 Å². The molecule has 1 saturated heterocycles. The fourth-order valence-corrected chi connectivity index (χ4v) is 4.83. The predicted molar refractivity (Wildman–Crippen MR) is 123 cm³/mol. The van der Waals surface area contributed by atoms with Crippen LogP contribution in [0.1, 0.15) is 18.9 Å². The third-order valence-electron chi connectivity index (χ3n) is 6.00. The van der Waals surface area contributed by atoms with Gasteiger partial charge in [-0.1, -0.05) is 19.6 Å². The van der Waals surface area contributed by atoms with Crippen LogP contribution in [0, 0.1) is 11.3 Å². The van der Waals surface area contributed by atoms with Crippen LogP contribution in [0.25, 0.3) is 22.3 Å². The fourth-order valence-electron chi connectivity index (χ4n) is 4.08. The van der Waals surface area contributed by atoms with Gasteiger partial charge in [-0.05, 0) is 25.1 Å². The van der Waals surface area contributed by atoms with Gasteiger partial charge in [-0.15, -0.1) is 0 Å². The number of hydrogen-bond acceptors (Lipinski definition) is 6. The summed E-state index contributed by atoms with van der Waals surface area (Å²) in [6, 6.07) is 4.55. The first-order valence-electron chi connectivity index (χ1n) is 11.0. The average Bonchev–Trinajstić information content (AvgIpc) is 3.49. The lowest BCUT2D eigenvalue weighted by atomic mass is 9.93. The summed E-state index contributed by atoms with van der Waals surface area (Å²) < 4.78 is 24.9. The second-order valence-corrected chi connectivity index (χ2v) is 15.3. The molecular formula is C22H30FN7OSi. The Morgan fingerprint density at radius 3 is 2.94 bits per heavy atom. The topological polar surface area (TPSA) is 93.6 Å². The number of aromatic nitrogens is 5. The van der Waals surface area contributed by atoms with Crippen molar-refractivity contribution < 1.29 is 9.13 Å². The Bertz CT molecular complexity index is 1110. The summed E-state index contributed by atoms with van der Waals surface area (Å²) in [6.45, 7) is 8.99. The van der Waals surface area contributed by atoms with Crippen LogP contribution in [0.3, 0.4) is 0 Å². The van der Waals surface area contributed by atoms with Gasteiger partial charge >= 0.3 is 0 Å². The van der Waals surface area contributed by atoms with Crippen LogP contribution in [0.5, 0.6) is 0 Å². The van der Waals surface area contributed by atoms with Gasteiger partial charge in [0.15, 0.2) is 0 Å². The van der Waals surface area contributed by atoms with Gasteiger partial charge in [-0.2, -0.15) is 10.4 Å². The highest BCUT2D eigenvalue weighted by molar-refractivity contribution is 6.76. The van der Waals surface area contributed by atoms with E-state index in [-0.39, 0.29) is 13.0 Å². The van der Waals surface area contributed by atoms with E-state index in [0.29, 0.717) is 19.7 Å². The molecule has 0 aliphatic carbocycles. The second kappa shape index (κ2) is 9.09. The third kappa shape index (κ3) is 4.75. The van der Waals surface area contributed by atoms with Gasteiger partial charge in [0, 0.05) is 44.6 Å². The normalized spacial score (nSPS) is 20.0. The summed E-state index contributed by atoms with van der Waals surface area (Å²) in [5, 5.41) is 17.6. The number of nitriles is 1. The van der Waals surface area contributed by atoms with Gasteiger partial charge in [-0.25, -0.2) is 14.4 Å². The van der Waals surface area contributed by atoms with Gasteiger partial charge in [0.1, 0.15) is 30.4 Å². The lowest BCUT2D eigenvalue weighted by Crippen LogP contribution is -2.37. The molecule has 2 atom stereocenters. The zero-order valence-electron chi connectivity index (χ0n) is 18.9. The van der Waals surface area contributed by atoms with E-state index in [9.17, 15) is 5.26 Å². The minimum Gasteiger partial charge on any atom is -0.361 e. The van der Waals surface area contributed by atoms with Gasteiger partial charge in [0.2, 0.25) is 0 Å². The van der Waals surface area contributed by atoms with Crippen molar-refractivity contribution in [3.8, 4) is 17.3 Å². The maximum Gasteiger partial charge on any atom is 0.147 e. The molecule has 0 aromatic carbocycles. The fraction of sp³-hybridized carbons (Fsp3) is 0.545. The standard InChI is InChI=1S/C22H30FN7OSi/c1-32(2,3)11-10-31-16-29-9-5-18-20(26-15-27-21(18)29)17-12-28-30(13-17)19(4-7-24)22(23)6-8-25-14-22/h5,9,12-13,15,19,25H,4,6,8,10-11,14,16H2,1-3H3. The molecule has 0 amide bonds. The first-order valence-corrected chi connectivity index (χ1v) is 14.7. The average molecular weight is 456 g/mol. The molecule has 10 heteroatoms. The van der Waals surface area contributed by atoms with E-state index in [1.807, 2.05) is 16.8 Å². The van der Waals surface area contributed by atoms with Gasteiger partial charge in [0.25, 0.3) is 0 Å². The summed E-state index contributed by atoms with van der Waals surface area (Å²) in [5.41, 5.74) is 0.796. The molecule has 4 heterocycles. The zero-order chi connectivity index (χ0) is 22.8. The van der Waals surface area contributed by atoms with E-state index >= 15 is 4.39 Å². The maximum atomic E-state index is 15.4. The van der Waals surface area contributed by atoms with E-state index < -0.39 is 19.8 Å².